The minimum Gasteiger partial charge on any atom is -0.498 e. The van der Waals surface area contributed by atoms with E-state index in [2.05, 4.69) is 151 Å². The molecular weight excluding hydrogens is 500 g/mol. The lowest BCUT2D eigenvalue weighted by Crippen LogP contribution is -2.78. The Hall–Kier alpha value is -2.28. The standard InChI is InChI=1S/C27H27BF.C6H18N3S/c1-25(2)16-10-7-12-18-22(16)28(29)23-17(25)11-8-13-19(23)27(5,6)21-15-9-14-20(24(21)28)26(18,3)4;1-7(2)10(8(3)4)9(5)6/h7-15H,1-6H3;1-6H3/q-1;+1. The van der Waals surface area contributed by atoms with E-state index < -0.39 is 6.42 Å². The van der Waals surface area contributed by atoms with E-state index in [9.17, 15) is 0 Å². The first kappa shape index (κ1) is 28.3. The molecule has 0 bridgehead atoms. The number of halogens is 1. The molecule has 3 aliphatic heterocycles. The molecule has 0 saturated carbocycles. The molecule has 0 saturated heterocycles. The van der Waals surface area contributed by atoms with Crippen LogP contribution in [0, 0.1) is 0 Å². The van der Waals surface area contributed by atoms with Gasteiger partial charge in [-0.15, -0.1) is 0 Å². The quantitative estimate of drug-likeness (QED) is 0.345. The van der Waals surface area contributed by atoms with E-state index in [1.165, 1.54) is 0 Å². The van der Waals surface area contributed by atoms with Crippen LogP contribution in [0.15, 0.2) is 54.6 Å². The van der Waals surface area contributed by atoms with Crippen LogP contribution in [0.1, 0.15) is 74.9 Å². The fourth-order valence-corrected chi connectivity index (χ4v) is 10.1. The molecule has 0 atom stereocenters. The third-order valence-electron chi connectivity index (χ3n) is 9.53. The van der Waals surface area contributed by atoms with Crippen LogP contribution in [0.3, 0.4) is 0 Å². The van der Waals surface area contributed by atoms with Gasteiger partial charge in [0.2, 0.25) is 6.42 Å². The Balaban J connectivity index is 0.000000266. The summed E-state index contributed by atoms with van der Waals surface area (Å²) < 4.78 is 24.6. The second-order valence-corrected chi connectivity index (χ2v) is 16.3. The highest BCUT2D eigenvalue weighted by Gasteiger charge is 2.55. The van der Waals surface area contributed by atoms with Crippen LogP contribution in [0.25, 0.3) is 0 Å². The van der Waals surface area contributed by atoms with E-state index in [-0.39, 0.29) is 27.3 Å². The van der Waals surface area contributed by atoms with E-state index in [1.54, 1.807) is 0 Å². The second kappa shape index (κ2) is 8.86. The molecule has 0 fully saturated rings. The molecule has 39 heavy (non-hydrogen) atoms. The molecule has 0 spiro atoms. The lowest BCUT2D eigenvalue weighted by Gasteiger charge is -2.61. The van der Waals surface area contributed by atoms with Crippen LogP contribution in [0.5, 0.6) is 0 Å². The number of nitrogens with zero attached hydrogens (tertiary/aromatic N) is 3. The van der Waals surface area contributed by atoms with Gasteiger partial charge in [-0.1, -0.05) is 130 Å². The van der Waals surface area contributed by atoms with Gasteiger partial charge in [-0.3, -0.25) is 0 Å². The Labute approximate surface area is 238 Å². The van der Waals surface area contributed by atoms with Gasteiger partial charge in [0.05, 0.1) is 0 Å². The monoisotopic (exact) mass is 545 g/mol. The molecule has 3 nitrogen and oxygen atoms in total. The van der Waals surface area contributed by atoms with E-state index in [4.69, 9.17) is 0 Å². The molecule has 3 aliphatic rings. The predicted octanol–water partition coefficient (Wildman–Crippen LogP) is 4.55. The summed E-state index contributed by atoms with van der Waals surface area (Å²) >= 11 is 0.120. The van der Waals surface area contributed by atoms with Crippen molar-refractivity contribution in [1.29, 1.82) is 0 Å². The smallest absolute Gasteiger partial charge is 0.235 e. The van der Waals surface area contributed by atoms with Crippen molar-refractivity contribution in [3.63, 3.8) is 0 Å². The van der Waals surface area contributed by atoms with Crippen molar-refractivity contribution in [2.24, 2.45) is 0 Å². The highest BCUT2D eigenvalue weighted by atomic mass is 32.2. The molecule has 208 valence electrons. The summed E-state index contributed by atoms with van der Waals surface area (Å²) in [5.74, 6) is 0. The molecule has 3 heterocycles. The van der Waals surface area contributed by atoms with Gasteiger partial charge in [0.1, 0.15) is 14.1 Å². The number of hydrogen-bond acceptors (Lipinski definition) is 0. The maximum Gasteiger partial charge on any atom is 0.235 e. The summed E-state index contributed by atoms with van der Waals surface area (Å²) in [4.78, 5) is 0. The topological polar surface area (TPSA) is 9.49 Å². The van der Waals surface area contributed by atoms with Crippen LogP contribution >= 0.6 is 0 Å². The van der Waals surface area contributed by atoms with Gasteiger partial charge in [-0.2, -0.15) is 28.9 Å². The molecule has 3 aromatic rings. The van der Waals surface area contributed by atoms with Gasteiger partial charge in [0, 0.05) is 44.4 Å². The molecule has 0 radical (unpaired) electrons. The molecule has 0 aromatic heterocycles. The van der Waals surface area contributed by atoms with Crippen molar-refractivity contribution in [3.8, 4) is 0 Å². The van der Waals surface area contributed by atoms with Gasteiger partial charge in [-0.25, -0.2) is 0 Å². The van der Waals surface area contributed by atoms with E-state index in [0.717, 1.165) is 49.8 Å². The Bertz CT molecular complexity index is 1290. The summed E-state index contributed by atoms with van der Waals surface area (Å²) in [6, 6.07) is 19.4. The lowest BCUT2D eigenvalue weighted by atomic mass is 9.19. The van der Waals surface area contributed by atoms with Crippen LogP contribution in [-0.4, -0.2) is 61.3 Å². The number of benzene rings is 3. The summed E-state index contributed by atoms with van der Waals surface area (Å²) in [7, 11) is 12.5. The van der Waals surface area contributed by atoms with Crippen molar-refractivity contribution in [1.82, 2.24) is 8.61 Å². The van der Waals surface area contributed by atoms with Crippen LogP contribution in [0.4, 0.5) is 4.32 Å². The third kappa shape index (κ3) is 3.64. The molecule has 0 unspecified atom stereocenters. The van der Waals surface area contributed by atoms with Gasteiger partial charge < -0.3 is 4.32 Å². The first-order valence-corrected chi connectivity index (χ1v) is 15.1. The predicted molar refractivity (Wildman–Crippen MR) is 168 cm³/mol. The zero-order valence-corrected chi connectivity index (χ0v) is 26.7. The van der Waals surface area contributed by atoms with E-state index in [0.29, 0.717) is 0 Å². The zero-order valence-electron chi connectivity index (χ0n) is 25.9. The van der Waals surface area contributed by atoms with Gasteiger partial charge in [-0.05, 0) is 0 Å². The van der Waals surface area contributed by atoms with Gasteiger partial charge in [0.15, 0.2) is 11.1 Å². The highest BCUT2D eigenvalue weighted by molar-refractivity contribution is 7.80. The Morgan fingerprint density at radius 1 is 0.564 bits per heavy atom. The lowest BCUT2D eigenvalue weighted by molar-refractivity contribution is -0.441. The first-order valence-electron chi connectivity index (χ1n) is 14.0. The van der Waals surface area contributed by atoms with Crippen molar-refractivity contribution < 1.29 is 8.26 Å². The zero-order chi connectivity index (χ0) is 28.9. The van der Waals surface area contributed by atoms with Crippen molar-refractivity contribution >= 4 is 33.9 Å². The fourth-order valence-electron chi connectivity index (χ4n) is 8.10. The average molecular weight is 546 g/mol. The number of hydrogen-bond donors (Lipinski definition) is 0. The first-order chi connectivity index (χ1) is 18.0. The summed E-state index contributed by atoms with van der Waals surface area (Å²) in [5.41, 5.74) is 9.23. The normalized spacial score (nSPS) is 19.4. The fraction of sp³-hybridized carbons (Fsp3) is 0.455. The molecule has 6 rings (SSSR count). The molecular formula is C33H45BFN3S. The SMILES string of the molecule is CC1(C)c2cccc3c2[B-]2(F)c4c1cccc4C(C)(C)c1cccc(c12)C3(C)C.CN(C)S(N(C)C)=[N+](C)C. The maximum absolute atomic E-state index is 18.0. The van der Waals surface area contributed by atoms with Crippen molar-refractivity contribution in [2.45, 2.75) is 57.8 Å². The van der Waals surface area contributed by atoms with E-state index >= 15 is 4.32 Å². The summed E-state index contributed by atoms with van der Waals surface area (Å²) in [6.07, 6.45) is -2.48. The molecule has 3 aromatic carbocycles. The van der Waals surface area contributed by atoms with Gasteiger partial charge >= 0.3 is 0 Å². The van der Waals surface area contributed by atoms with Crippen LogP contribution in [0.2, 0.25) is 0 Å². The minimum absolute atomic E-state index is 0.120. The van der Waals surface area contributed by atoms with Crippen molar-refractivity contribution in [2.75, 3.05) is 42.3 Å². The van der Waals surface area contributed by atoms with Crippen molar-refractivity contribution in [3.05, 3.63) is 88.0 Å². The van der Waals surface area contributed by atoms with Crippen LogP contribution in [-0.2, 0) is 27.3 Å². The second-order valence-electron chi connectivity index (χ2n) is 13.6. The van der Waals surface area contributed by atoms with Crippen LogP contribution < -0.4 is 16.4 Å². The molecule has 0 amide bonds. The maximum atomic E-state index is 18.0. The largest absolute Gasteiger partial charge is 0.498 e. The molecule has 0 N–H and O–H groups in total. The Morgan fingerprint density at radius 2 is 0.795 bits per heavy atom. The Morgan fingerprint density at radius 3 is 0.949 bits per heavy atom. The average Bonchev–Trinajstić information content (AvgIpc) is 2.84. The Kier molecular flexibility index (Phi) is 6.42. The third-order valence-corrected chi connectivity index (χ3v) is 11.5. The van der Waals surface area contributed by atoms with Gasteiger partial charge in [0.25, 0.3) is 0 Å². The number of rotatable bonds is 2. The molecule has 0 aliphatic carbocycles. The van der Waals surface area contributed by atoms with E-state index in [1.807, 2.05) is 0 Å². The summed E-state index contributed by atoms with van der Waals surface area (Å²) in [5, 5.41) is 0. The highest BCUT2D eigenvalue weighted by Crippen LogP contribution is 2.49. The summed E-state index contributed by atoms with van der Waals surface area (Å²) in [6.45, 7) is 13.6. The molecule has 6 heteroatoms. The minimum atomic E-state index is -2.48.